The van der Waals surface area contributed by atoms with Crippen molar-refractivity contribution in [2.75, 3.05) is 0 Å². The van der Waals surface area contributed by atoms with Crippen LogP contribution in [0.5, 0.6) is 0 Å². The molecule has 0 aliphatic rings. The molecule has 17 heavy (non-hydrogen) atoms. The lowest BCUT2D eigenvalue weighted by Gasteiger charge is -2.19. The van der Waals surface area contributed by atoms with E-state index in [2.05, 4.69) is 21.0 Å². The summed E-state index contributed by atoms with van der Waals surface area (Å²) in [6, 6.07) is 5.59. The lowest BCUT2D eigenvalue weighted by Crippen LogP contribution is -2.27. The van der Waals surface area contributed by atoms with Gasteiger partial charge in [-0.05, 0) is 32.9 Å². The molecule has 1 heterocycles. The van der Waals surface area contributed by atoms with E-state index in [1.165, 1.54) is 4.68 Å². The van der Waals surface area contributed by atoms with Crippen molar-refractivity contribution in [3.63, 3.8) is 0 Å². The Balaban J connectivity index is 2.43. The molecule has 0 bridgehead atoms. The number of hydrogen-bond donors (Lipinski definition) is 0. The molecule has 0 N–H and O–H groups in total. The maximum Gasteiger partial charge on any atom is 0.435 e. The van der Waals surface area contributed by atoms with Gasteiger partial charge in [-0.25, -0.2) is 4.79 Å². The van der Waals surface area contributed by atoms with Crippen LogP contribution < -0.4 is 0 Å². The molecule has 0 saturated heterocycles. The highest BCUT2D eigenvalue weighted by atomic mass is 79.9. The number of rotatable bonds is 0. The van der Waals surface area contributed by atoms with E-state index in [1.54, 1.807) is 6.20 Å². The first-order chi connectivity index (χ1) is 7.88. The van der Waals surface area contributed by atoms with Crippen LogP contribution in [-0.2, 0) is 4.74 Å². The Kier molecular flexibility index (Phi) is 2.95. The second kappa shape index (κ2) is 4.14. The molecule has 0 amide bonds. The number of fused-ring (bicyclic) bond motifs is 1. The van der Waals surface area contributed by atoms with Crippen molar-refractivity contribution in [3.05, 3.63) is 28.9 Å². The van der Waals surface area contributed by atoms with Gasteiger partial charge in [-0.2, -0.15) is 9.78 Å². The average molecular weight is 297 g/mol. The fourth-order valence-corrected chi connectivity index (χ4v) is 1.92. The maximum atomic E-state index is 11.9. The molecule has 2 aromatic rings. The summed E-state index contributed by atoms with van der Waals surface area (Å²) >= 11 is 3.42. The van der Waals surface area contributed by atoms with Crippen LogP contribution in [0.4, 0.5) is 4.79 Å². The minimum absolute atomic E-state index is 0.467. The van der Waals surface area contributed by atoms with Crippen LogP contribution in [0.15, 0.2) is 28.9 Å². The SMILES string of the molecule is CC(C)(C)OC(=O)n1ncc2c(Br)cccc21. The first-order valence-corrected chi connectivity index (χ1v) is 6.03. The molecule has 0 spiro atoms. The van der Waals surface area contributed by atoms with Crippen molar-refractivity contribution in [3.8, 4) is 0 Å². The summed E-state index contributed by atoms with van der Waals surface area (Å²) in [4.78, 5) is 11.9. The maximum absolute atomic E-state index is 11.9. The van der Waals surface area contributed by atoms with E-state index in [0.29, 0.717) is 0 Å². The molecule has 0 aliphatic carbocycles. The van der Waals surface area contributed by atoms with Gasteiger partial charge in [0.05, 0.1) is 11.7 Å². The third kappa shape index (κ3) is 2.49. The fraction of sp³-hybridized carbons (Fsp3) is 0.333. The zero-order chi connectivity index (χ0) is 12.6. The third-order valence-corrected chi connectivity index (χ3v) is 2.82. The first-order valence-electron chi connectivity index (χ1n) is 5.24. The molecular formula is C12H13BrN2O2. The Hall–Kier alpha value is -1.36. The van der Waals surface area contributed by atoms with Crippen molar-refractivity contribution in [2.24, 2.45) is 0 Å². The van der Waals surface area contributed by atoms with Crippen LogP contribution >= 0.6 is 15.9 Å². The van der Waals surface area contributed by atoms with Gasteiger partial charge in [-0.15, -0.1) is 0 Å². The van der Waals surface area contributed by atoms with Gasteiger partial charge >= 0.3 is 6.09 Å². The predicted molar refractivity (Wildman–Crippen MR) is 69.1 cm³/mol. The summed E-state index contributed by atoms with van der Waals surface area (Å²) in [5.41, 5.74) is 0.204. The number of aromatic nitrogens is 2. The summed E-state index contributed by atoms with van der Waals surface area (Å²) in [6.07, 6.45) is 1.18. The van der Waals surface area contributed by atoms with Crippen molar-refractivity contribution in [1.82, 2.24) is 9.78 Å². The highest BCUT2D eigenvalue weighted by Gasteiger charge is 2.20. The number of carbonyl (C=O) groups is 1. The molecule has 0 aliphatic heterocycles. The Morgan fingerprint density at radius 2 is 2.12 bits per heavy atom. The number of hydrogen-bond acceptors (Lipinski definition) is 3. The van der Waals surface area contributed by atoms with Crippen molar-refractivity contribution in [1.29, 1.82) is 0 Å². The highest BCUT2D eigenvalue weighted by molar-refractivity contribution is 9.10. The Morgan fingerprint density at radius 3 is 2.76 bits per heavy atom. The average Bonchev–Trinajstić information content (AvgIpc) is 2.60. The van der Waals surface area contributed by atoms with Gasteiger partial charge in [0.25, 0.3) is 0 Å². The van der Waals surface area contributed by atoms with Crippen LogP contribution in [0.1, 0.15) is 20.8 Å². The van der Waals surface area contributed by atoms with Gasteiger partial charge in [0.1, 0.15) is 5.60 Å². The minimum atomic E-state index is -0.526. The zero-order valence-electron chi connectivity index (χ0n) is 9.90. The van der Waals surface area contributed by atoms with Crippen molar-refractivity contribution < 1.29 is 9.53 Å². The van der Waals surface area contributed by atoms with Crippen LogP contribution in [0.3, 0.4) is 0 Å². The van der Waals surface area contributed by atoms with Gasteiger partial charge in [0.15, 0.2) is 0 Å². The minimum Gasteiger partial charge on any atom is -0.442 e. The largest absolute Gasteiger partial charge is 0.442 e. The zero-order valence-corrected chi connectivity index (χ0v) is 11.5. The molecule has 90 valence electrons. The van der Waals surface area contributed by atoms with Crippen LogP contribution in [0.2, 0.25) is 0 Å². The standard InChI is InChI=1S/C12H13BrN2O2/c1-12(2,3)17-11(16)15-10-6-4-5-9(13)8(10)7-14-15/h4-7H,1-3H3. The van der Waals surface area contributed by atoms with Crippen LogP contribution in [-0.4, -0.2) is 21.5 Å². The quantitative estimate of drug-likeness (QED) is 0.746. The molecule has 2 rings (SSSR count). The van der Waals surface area contributed by atoms with Gasteiger partial charge < -0.3 is 4.74 Å². The van der Waals surface area contributed by atoms with E-state index in [0.717, 1.165) is 15.4 Å². The summed E-state index contributed by atoms with van der Waals surface area (Å²) in [5.74, 6) is 0. The topological polar surface area (TPSA) is 44.1 Å². The number of halogens is 1. The van der Waals surface area contributed by atoms with Crippen molar-refractivity contribution >= 4 is 32.9 Å². The van der Waals surface area contributed by atoms with E-state index in [4.69, 9.17) is 4.74 Å². The number of carbonyl (C=O) groups excluding carboxylic acids is 1. The molecule has 0 radical (unpaired) electrons. The number of ether oxygens (including phenoxy) is 1. The lowest BCUT2D eigenvalue weighted by atomic mass is 10.2. The summed E-state index contributed by atoms with van der Waals surface area (Å²) in [5, 5.41) is 4.94. The Labute approximate surface area is 108 Å². The molecule has 5 heteroatoms. The van der Waals surface area contributed by atoms with Gasteiger partial charge in [0, 0.05) is 9.86 Å². The van der Waals surface area contributed by atoms with Gasteiger partial charge in [-0.1, -0.05) is 22.0 Å². The summed E-state index contributed by atoms with van der Waals surface area (Å²) in [6.45, 7) is 5.48. The third-order valence-electron chi connectivity index (χ3n) is 2.13. The van der Waals surface area contributed by atoms with Gasteiger partial charge in [-0.3, -0.25) is 0 Å². The molecule has 0 saturated carbocycles. The van der Waals surface area contributed by atoms with Gasteiger partial charge in [0.2, 0.25) is 0 Å². The van der Waals surface area contributed by atoms with Crippen LogP contribution in [0.25, 0.3) is 10.9 Å². The summed E-state index contributed by atoms with van der Waals surface area (Å²) < 4.78 is 7.45. The highest BCUT2D eigenvalue weighted by Crippen LogP contribution is 2.23. The smallest absolute Gasteiger partial charge is 0.435 e. The number of nitrogens with zero attached hydrogens (tertiary/aromatic N) is 2. The molecule has 0 atom stereocenters. The first kappa shape index (κ1) is 12.1. The van der Waals surface area contributed by atoms with Crippen molar-refractivity contribution in [2.45, 2.75) is 26.4 Å². The van der Waals surface area contributed by atoms with E-state index >= 15 is 0 Å². The molecule has 1 aromatic heterocycles. The normalized spacial score (nSPS) is 11.8. The lowest BCUT2D eigenvalue weighted by molar-refractivity contribution is 0.0523. The van der Waals surface area contributed by atoms with E-state index in [9.17, 15) is 4.79 Å². The van der Waals surface area contributed by atoms with Crippen LogP contribution in [0, 0.1) is 0 Å². The fourth-order valence-electron chi connectivity index (χ4n) is 1.47. The van der Waals surface area contributed by atoms with E-state index in [-0.39, 0.29) is 0 Å². The molecule has 0 fully saturated rings. The predicted octanol–water partition coefficient (Wildman–Crippen LogP) is 3.58. The number of benzene rings is 1. The molecular weight excluding hydrogens is 284 g/mol. The van der Waals surface area contributed by atoms with E-state index < -0.39 is 11.7 Å². The second-order valence-electron chi connectivity index (χ2n) is 4.71. The monoisotopic (exact) mass is 296 g/mol. The summed E-state index contributed by atoms with van der Waals surface area (Å²) in [7, 11) is 0. The second-order valence-corrected chi connectivity index (χ2v) is 5.56. The Bertz CT molecular complexity index is 569. The Morgan fingerprint density at radius 1 is 1.41 bits per heavy atom. The molecule has 4 nitrogen and oxygen atoms in total. The van der Waals surface area contributed by atoms with E-state index in [1.807, 2.05) is 39.0 Å². The molecule has 1 aromatic carbocycles. The molecule has 0 unspecified atom stereocenters.